The van der Waals surface area contributed by atoms with Crippen molar-refractivity contribution in [3.63, 3.8) is 0 Å². The van der Waals surface area contributed by atoms with E-state index in [4.69, 9.17) is 0 Å². The van der Waals surface area contributed by atoms with Crippen LogP contribution in [0.4, 0.5) is 0 Å². The molecular formula is C15H12N2O. The fourth-order valence-electron chi connectivity index (χ4n) is 1.88. The van der Waals surface area contributed by atoms with Gasteiger partial charge in [-0.3, -0.25) is 0 Å². The van der Waals surface area contributed by atoms with E-state index < -0.39 is 0 Å². The number of rotatable bonds is 2. The molecule has 18 heavy (non-hydrogen) atoms. The Kier molecular flexibility index (Phi) is 2.57. The first-order chi connectivity index (χ1) is 8.83. The average Bonchev–Trinajstić information content (AvgIpc) is 2.93. The zero-order chi connectivity index (χ0) is 12.4. The summed E-state index contributed by atoms with van der Waals surface area (Å²) in [5.41, 5.74) is 1.95. The number of pyridine rings is 1. The molecule has 0 aliphatic carbocycles. The molecule has 0 unspecified atom stereocenters. The Morgan fingerprint density at radius 1 is 0.889 bits per heavy atom. The molecule has 0 amide bonds. The first-order valence-corrected chi connectivity index (χ1v) is 5.72. The van der Waals surface area contributed by atoms with E-state index in [2.05, 4.69) is 4.98 Å². The number of hydrogen-bond acceptors (Lipinski definition) is 2. The molecule has 3 heteroatoms. The van der Waals surface area contributed by atoms with Crippen LogP contribution in [0.5, 0.6) is 5.75 Å². The van der Waals surface area contributed by atoms with Gasteiger partial charge in [-0.2, -0.15) is 0 Å². The van der Waals surface area contributed by atoms with E-state index in [9.17, 15) is 5.11 Å². The predicted octanol–water partition coefficient (Wildman–Crippen LogP) is 3.24. The summed E-state index contributed by atoms with van der Waals surface area (Å²) in [7, 11) is 0. The van der Waals surface area contributed by atoms with Crippen molar-refractivity contribution in [2.75, 3.05) is 0 Å². The van der Waals surface area contributed by atoms with Crippen molar-refractivity contribution in [1.82, 2.24) is 9.55 Å². The Labute approximate surface area is 105 Å². The van der Waals surface area contributed by atoms with Crippen LogP contribution in [0.15, 0.2) is 67.1 Å². The van der Waals surface area contributed by atoms with Crippen molar-refractivity contribution in [1.29, 1.82) is 0 Å². The molecule has 2 aromatic heterocycles. The van der Waals surface area contributed by atoms with Crippen molar-refractivity contribution in [2.45, 2.75) is 0 Å². The van der Waals surface area contributed by atoms with Crippen LogP contribution in [-0.2, 0) is 0 Å². The van der Waals surface area contributed by atoms with Crippen LogP contribution < -0.4 is 0 Å². The maximum atomic E-state index is 9.45. The molecule has 3 aromatic rings. The van der Waals surface area contributed by atoms with Crippen LogP contribution >= 0.6 is 0 Å². The Morgan fingerprint density at radius 3 is 2.39 bits per heavy atom. The van der Waals surface area contributed by atoms with Crippen LogP contribution in [0.1, 0.15) is 0 Å². The summed E-state index contributed by atoms with van der Waals surface area (Å²) < 4.78 is 1.95. The first kappa shape index (κ1) is 10.6. The zero-order valence-electron chi connectivity index (χ0n) is 9.69. The molecule has 0 bridgehead atoms. The highest BCUT2D eigenvalue weighted by Crippen LogP contribution is 2.22. The molecule has 3 nitrogen and oxygen atoms in total. The molecule has 0 saturated heterocycles. The fraction of sp³-hybridized carbons (Fsp3) is 0. The number of aromatic hydroxyl groups is 1. The predicted molar refractivity (Wildman–Crippen MR) is 70.7 cm³/mol. The third kappa shape index (κ3) is 1.98. The van der Waals surface area contributed by atoms with E-state index in [1.807, 2.05) is 59.6 Å². The highest BCUT2D eigenvalue weighted by molar-refractivity contribution is 5.64. The molecule has 0 aliphatic rings. The lowest BCUT2D eigenvalue weighted by atomic mass is 10.1. The topological polar surface area (TPSA) is 38.0 Å². The second-order valence-corrected chi connectivity index (χ2v) is 4.05. The van der Waals surface area contributed by atoms with Crippen molar-refractivity contribution >= 4 is 0 Å². The highest BCUT2D eigenvalue weighted by Gasteiger charge is 2.01. The number of nitrogens with zero attached hydrogens (tertiary/aromatic N) is 2. The maximum absolute atomic E-state index is 9.45. The Bertz CT molecular complexity index is 643. The van der Waals surface area contributed by atoms with E-state index in [1.165, 1.54) is 0 Å². The third-order valence-corrected chi connectivity index (χ3v) is 2.80. The van der Waals surface area contributed by atoms with E-state index >= 15 is 0 Å². The summed E-state index contributed by atoms with van der Waals surface area (Å²) in [5, 5.41) is 9.45. The summed E-state index contributed by atoms with van der Waals surface area (Å²) in [6.07, 6.45) is 5.72. The molecule has 0 spiro atoms. The standard InChI is InChI=1S/C15H12N2O/c18-14-5-3-4-12(10-14)13-6-7-15(16-11-13)17-8-1-2-9-17/h1-11,18H. The number of phenolic OH excluding ortho intramolecular Hbond substituents is 1. The van der Waals surface area contributed by atoms with Crippen LogP contribution in [0, 0.1) is 0 Å². The summed E-state index contributed by atoms with van der Waals surface area (Å²) in [6, 6.07) is 15.0. The van der Waals surface area contributed by atoms with Gasteiger partial charge in [0.25, 0.3) is 0 Å². The van der Waals surface area contributed by atoms with E-state index in [0.717, 1.165) is 16.9 Å². The SMILES string of the molecule is Oc1cccc(-c2ccc(-n3cccc3)nc2)c1. The van der Waals surface area contributed by atoms with Gasteiger partial charge in [-0.25, -0.2) is 4.98 Å². The van der Waals surface area contributed by atoms with Crippen molar-refractivity contribution in [3.8, 4) is 22.7 Å². The van der Waals surface area contributed by atoms with Crippen molar-refractivity contribution < 1.29 is 5.11 Å². The van der Waals surface area contributed by atoms with Gasteiger partial charge in [0.05, 0.1) is 0 Å². The minimum atomic E-state index is 0.266. The minimum Gasteiger partial charge on any atom is -0.508 e. The quantitative estimate of drug-likeness (QED) is 0.741. The normalized spacial score (nSPS) is 10.4. The lowest BCUT2D eigenvalue weighted by Crippen LogP contribution is -1.93. The maximum Gasteiger partial charge on any atom is 0.136 e. The van der Waals surface area contributed by atoms with Gasteiger partial charge in [0.2, 0.25) is 0 Å². The molecular weight excluding hydrogens is 224 g/mol. The summed E-state index contributed by atoms with van der Waals surface area (Å²) in [6.45, 7) is 0. The van der Waals surface area contributed by atoms with Crippen LogP contribution in [0.2, 0.25) is 0 Å². The molecule has 0 fully saturated rings. The van der Waals surface area contributed by atoms with Crippen molar-refractivity contribution in [2.24, 2.45) is 0 Å². The lowest BCUT2D eigenvalue weighted by molar-refractivity contribution is 0.475. The molecule has 3 rings (SSSR count). The number of hydrogen-bond donors (Lipinski definition) is 1. The number of aromatic nitrogens is 2. The van der Waals surface area contributed by atoms with Gasteiger partial charge in [-0.1, -0.05) is 12.1 Å². The monoisotopic (exact) mass is 236 g/mol. The second-order valence-electron chi connectivity index (χ2n) is 4.05. The van der Waals surface area contributed by atoms with Gasteiger partial charge >= 0.3 is 0 Å². The van der Waals surface area contributed by atoms with Gasteiger partial charge in [-0.15, -0.1) is 0 Å². The smallest absolute Gasteiger partial charge is 0.136 e. The van der Waals surface area contributed by atoms with Crippen LogP contribution in [0.25, 0.3) is 16.9 Å². The van der Waals surface area contributed by atoms with E-state index in [1.54, 1.807) is 12.1 Å². The Morgan fingerprint density at radius 2 is 1.72 bits per heavy atom. The first-order valence-electron chi connectivity index (χ1n) is 5.72. The summed E-state index contributed by atoms with van der Waals surface area (Å²) in [4.78, 5) is 4.41. The molecule has 1 aromatic carbocycles. The minimum absolute atomic E-state index is 0.266. The van der Waals surface area contributed by atoms with E-state index in [-0.39, 0.29) is 5.75 Å². The molecule has 2 heterocycles. The zero-order valence-corrected chi connectivity index (χ0v) is 9.69. The second kappa shape index (κ2) is 4.37. The molecule has 88 valence electrons. The molecule has 1 N–H and O–H groups in total. The Hall–Kier alpha value is -2.55. The molecule has 0 atom stereocenters. The van der Waals surface area contributed by atoms with Gasteiger partial charge in [0.15, 0.2) is 0 Å². The average molecular weight is 236 g/mol. The van der Waals surface area contributed by atoms with Crippen molar-refractivity contribution in [3.05, 3.63) is 67.1 Å². The summed E-state index contributed by atoms with van der Waals surface area (Å²) >= 11 is 0. The van der Waals surface area contributed by atoms with Crippen LogP contribution in [0.3, 0.4) is 0 Å². The third-order valence-electron chi connectivity index (χ3n) is 2.80. The summed E-state index contributed by atoms with van der Waals surface area (Å²) in [5.74, 6) is 1.14. The molecule has 0 radical (unpaired) electrons. The Balaban J connectivity index is 1.96. The number of phenols is 1. The highest BCUT2D eigenvalue weighted by atomic mass is 16.3. The van der Waals surface area contributed by atoms with E-state index in [0.29, 0.717) is 0 Å². The molecule has 0 aliphatic heterocycles. The van der Waals surface area contributed by atoms with Gasteiger partial charge in [0, 0.05) is 24.2 Å². The van der Waals surface area contributed by atoms with Crippen LogP contribution in [-0.4, -0.2) is 14.7 Å². The van der Waals surface area contributed by atoms with Gasteiger partial charge in [0.1, 0.15) is 11.6 Å². The molecule has 0 saturated carbocycles. The lowest BCUT2D eigenvalue weighted by Gasteiger charge is -2.05. The fourth-order valence-corrected chi connectivity index (χ4v) is 1.88. The van der Waals surface area contributed by atoms with Gasteiger partial charge in [-0.05, 0) is 42.0 Å². The number of benzene rings is 1. The largest absolute Gasteiger partial charge is 0.508 e. The van der Waals surface area contributed by atoms with Gasteiger partial charge < -0.3 is 9.67 Å².